The van der Waals surface area contributed by atoms with E-state index in [0.717, 1.165) is 6.42 Å². The van der Waals surface area contributed by atoms with Crippen LogP contribution in [0.5, 0.6) is 0 Å². The number of carbonyl (C=O) groups excluding carboxylic acids is 1. The summed E-state index contributed by atoms with van der Waals surface area (Å²) < 4.78 is 0. The van der Waals surface area contributed by atoms with E-state index in [1.54, 1.807) is 12.2 Å². The van der Waals surface area contributed by atoms with Crippen LogP contribution in [0.4, 0.5) is 0 Å². The minimum absolute atomic E-state index is 0.146. The SMILES string of the molecule is C=CCN(CC=C)C(=O)[C@H]1C[C@H]1c1ccccc1. The Morgan fingerprint density at radius 1 is 1.22 bits per heavy atom. The van der Waals surface area contributed by atoms with Crippen LogP contribution in [0.2, 0.25) is 0 Å². The molecule has 0 N–H and O–H groups in total. The van der Waals surface area contributed by atoms with E-state index < -0.39 is 0 Å². The summed E-state index contributed by atoms with van der Waals surface area (Å²) in [6.45, 7) is 8.59. The van der Waals surface area contributed by atoms with Crippen LogP contribution in [0.15, 0.2) is 55.6 Å². The highest BCUT2D eigenvalue weighted by Crippen LogP contribution is 2.48. The van der Waals surface area contributed by atoms with Crippen molar-refractivity contribution < 1.29 is 4.79 Å². The number of benzene rings is 1. The second-order valence-electron chi connectivity index (χ2n) is 4.68. The lowest BCUT2D eigenvalue weighted by atomic mass is 10.1. The van der Waals surface area contributed by atoms with E-state index in [-0.39, 0.29) is 11.8 Å². The molecule has 0 aromatic heterocycles. The number of hydrogen-bond acceptors (Lipinski definition) is 1. The summed E-state index contributed by atoms with van der Waals surface area (Å²) in [4.78, 5) is 14.1. The standard InChI is InChI=1S/C16H19NO/c1-3-10-17(11-4-2)16(18)15-12-14(15)13-8-6-5-7-9-13/h3-9,14-15H,1-2,10-12H2/t14-,15-/m0/s1. The van der Waals surface area contributed by atoms with Gasteiger partial charge in [0, 0.05) is 19.0 Å². The van der Waals surface area contributed by atoms with E-state index in [2.05, 4.69) is 25.3 Å². The van der Waals surface area contributed by atoms with Crippen LogP contribution in [0, 0.1) is 5.92 Å². The van der Waals surface area contributed by atoms with Crippen molar-refractivity contribution in [1.29, 1.82) is 0 Å². The normalized spacial score (nSPS) is 21.1. The summed E-state index contributed by atoms with van der Waals surface area (Å²) in [7, 11) is 0. The van der Waals surface area contributed by atoms with Crippen molar-refractivity contribution in [1.82, 2.24) is 4.90 Å². The molecule has 1 aliphatic carbocycles. The first-order valence-electron chi connectivity index (χ1n) is 6.33. The van der Waals surface area contributed by atoms with Crippen molar-refractivity contribution >= 4 is 5.91 Å². The molecule has 2 heteroatoms. The molecule has 0 heterocycles. The van der Waals surface area contributed by atoms with Crippen LogP contribution in [-0.2, 0) is 4.79 Å². The van der Waals surface area contributed by atoms with E-state index in [1.165, 1.54) is 5.56 Å². The fourth-order valence-corrected chi connectivity index (χ4v) is 2.34. The second-order valence-corrected chi connectivity index (χ2v) is 4.68. The first kappa shape index (κ1) is 12.6. The Morgan fingerprint density at radius 2 is 1.83 bits per heavy atom. The quantitative estimate of drug-likeness (QED) is 0.701. The summed E-state index contributed by atoms with van der Waals surface area (Å²) in [5, 5.41) is 0. The van der Waals surface area contributed by atoms with Gasteiger partial charge in [0.15, 0.2) is 0 Å². The molecule has 18 heavy (non-hydrogen) atoms. The zero-order valence-corrected chi connectivity index (χ0v) is 10.6. The van der Waals surface area contributed by atoms with E-state index in [4.69, 9.17) is 0 Å². The smallest absolute Gasteiger partial charge is 0.226 e. The average molecular weight is 241 g/mol. The number of nitrogens with zero attached hydrogens (tertiary/aromatic N) is 1. The van der Waals surface area contributed by atoms with E-state index >= 15 is 0 Å². The van der Waals surface area contributed by atoms with Crippen molar-refractivity contribution in [2.24, 2.45) is 5.92 Å². The molecule has 0 aliphatic heterocycles. The van der Waals surface area contributed by atoms with Crippen LogP contribution < -0.4 is 0 Å². The molecule has 1 amide bonds. The maximum absolute atomic E-state index is 12.3. The summed E-state index contributed by atoms with van der Waals surface area (Å²) in [5.41, 5.74) is 1.27. The molecule has 1 saturated carbocycles. The minimum atomic E-state index is 0.146. The molecule has 1 aliphatic rings. The Balaban J connectivity index is 1.99. The molecular formula is C16H19NO. The summed E-state index contributed by atoms with van der Waals surface area (Å²) in [5.74, 6) is 0.770. The Labute approximate surface area is 109 Å². The van der Waals surface area contributed by atoms with Crippen LogP contribution >= 0.6 is 0 Å². The van der Waals surface area contributed by atoms with Gasteiger partial charge in [0.2, 0.25) is 5.91 Å². The molecule has 1 fully saturated rings. The number of carbonyl (C=O) groups is 1. The molecule has 0 spiro atoms. The lowest BCUT2D eigenvalue weighted by Gasteiger charge is -2.19. The summed E-state index contributed by atoms with van der Waals surface area (Å²) in [6, 6.07) is 10.3. The first-order chi connectivity index (χ1) is 8.77. The third-order valence-electron chi connectivity index (χ3n) is 3.35. The Morgan fingerprint density at radius 3 is 2.39 bits per heavy atom. The third kappa shape index (κ3) is 2.70. The average Bonchev–Trinajstić information content (AvgIpc) is 3.19. The molecular weight excluding hydrogens is 222 g/mol. The predicted octanol–water partition coefficient (Wildman–Crippen LogP) is 2.99. The van der Waals surface area contributed by atoms with Crippen LogP contribution in [0.25, 0.3) is 0 Å². The highest BCUT2D eigenvalue weighted by molar-refractivity contribution is 5.83. The maximum atomic E-state index is 12.3. The van der Waals surface area contributed by atoms with Crippen molar-refractivity contribution in [2.75, 3.05) is 13.1 Å². The van der Waals surface area contributed by atoms with Gasteiger partial charge in [-0.3, -0.25) is 4.79 Å². The van der Waals surface area contributed by atoms with E-state index in [0.29, 0.717) is 19.0 Å². The van der Waals surface area contributed by atoms with Gasteiger partial charge in [0.25, 0.3) is 0 Å². The molecule has 94 valence electrons. The Hall–Kier alpha value is -1.83. The molecule has 0 saturated heterocycles. The largest absolute Gasteiger partial charge is 0.335 e. The molecule has 2 atom stereocenters. The van der Waals surface area contributed by atoms with Gasteiger partial charge in [-0.2, -0.15) is 0 Å². The molecule has 1 aromatic carbocycles. The van der Waals surface area contributed by atoms with Crippen LogP contribution in [0.1, 0.15) is 17.9 Å². The van der Waals surface area contributed by atoms with Gasteiger partial charge >= 0.3 is 0 Å². The molecule has 0 unspecified atom stereocenters. The Kier molecular flexibility index (Phi) is 3.98. The molecule has 1 aromatic rings. The highest BCUT2D eigenvalue weighted by Gasteiger charge is 2.45. The van der Waals surface area contributed by atoms with E-state index in [1.807, 2.05) is 23.1 Å². The third-order valence-corrected chi connectivity index (χ3v) is 3.35. The zero-order chi connectivity index (χ0) is 13.0. The summed E-state index contributed by atoms with van der Waals surface area (Å²) in [6.07, 6.45) is 4.50. The number of amides is 1. The van der Waals surface area contributed by atoms with Crippen molar-refractivity contribution in [3.63, 3.8) is 0 Å². The molecule has 0 bridgehead atoms. The fraction of sp³-hybridized carbons (Fsp3) is 0.312. The van der Waals surface area contributed by atoms with Gasteiger partial charge in [-0.25, -0.2) is 0 Å². The van der Waals surface area contributed by atoms with Crippen LogP contribution in [-0.4, -0.2) is 23.9 Å². The highest BCUT2D eigenvalue weighted by atomic mass is 16.2. The fourth-order valence-electron chi connectivity index (χ4n) is 2.34. The van der Waals surface area contributed by atoms with Gasteiger partial charge in [0.05, 0.1) is 0 Å². The van der Waals surface area contributed by atoms with Crippen molar-refractivity contribution in [2.45, 2.75) is 12.3 Å². The topological polar surface area (TPSA) is 20.3 Å². The summed E-state index contributed by atoms with van der Waals surface area (Å²) >= 11 is 0. The lowest BCUT2D eigenvalue weighted by molar-refractivity contribution is -0.131. The number of rotatable bonds is 6. The Bertz CT molecular complexity index is 428. The van der Waals surface area contributed by atoms with Gasteiger partial charge in [-0.15, -0.1) is 13.2 Å². The van der Waals surface area contributed by atoms with Crippen molar-refractivity contribution in [3.05, 3.63) is 61.2 Å². The number of hydrogen-bond donors (Lipinski definition) is 0. The lowest BCUT2D eigenvalue weighted by Crippen LogP contribution is -2.32. The first-order valence-corrected chi connectivity index (χ1v) is 6.33. The van der Waals surface area contributed by atoms with Crippen molar-refractivity contribution in [3.8, 4) is 0 Å². The zero-order valence-electron chi connectivity index (χ0n) is 10.6. The van der Waals surface area contributed by atoms with Gasteiger partial charge in [-0.1, -0.05) is 42.5 Å². The van der Waals surface area contributed by atoms with Gasteiger partial charge < -0.3 is 4.90 Å². The van der Waals surface area contributed by atoms with Gasteiger partial charge in [0.1, 0.15) is 0 Å². The molecule has 2 nitrogen and oxygen atoms in total. The predicted molar refractivity (Wildman–Crippen MR) is 74.3 cm³/mol. The second kappa shape index (κ2) is 5.67. The van der Waals surface area contributed by atoms with Gasteiger partial charge in [-0.05, 0) is 17.9 Å². The maximum Gasteiger partial charge on any atom is 0.226 e. The minimum Gasteiger partial charge on any atom is -0.335 e. The van der Waals surface area contributed by atoms with Crippen LogP contribution in [0.3, 0.4) is 0 Å². The monoisotopic (exact) mass is 241 g/mol. The van der Waals surface area contributed by atoms with E-state index in [9.17, 15) is 4.79 Å². The molecule has 2 rings (SSSR count). The molecule has 0 radical (unpaired) electrons.